The summed E-state index contributed by atoms with van der Waals surface area (Å²) in [4.78, 5) is 8.38. The molecule has 0 fully saturated rings. The van der Waals surface area contributed by atoms with E-state index in [9.17, 15) is 8.42 Å². The minimum atomic E-state index is -3.66. The van der Waals surface area contributed by atoms with Crippen LogP contribution < -0.4 is 4.72 Å². The topological polar surface area (TPSA) is 72.0 Å². The molecule has 0 amide bonds. The lowest BCUT2D eigenvalue weighted by Crippen LogP contribution is -2.14. The molecule has 0 spiro atoms. The summed E-state index contributed by atoms with van der Waals surface area (Å²) >= 11 is 0. The molecule has 0 aliphatic heterocycles. The molecule has 0 saturated carbocycles. The number of fused-ring (bicyclic) bond motifs is 1. The predicted molar refractivity (Wildman–Crippen MR) is 76.8 cm³/mol. The summed E-state index contributed by atoms with van der Waals surface area (Å²) in [5, 5.41) is 0.857. The summed E-state index contributed by atoms with van der Waals surface area (Å²) in [6, 6.07) is 15.5. The van der Waals surface area contributed by atoms with E-state index in [1.807, 2.05) is 18.2 Å². The van der Waals surface area contributed by atoms with Gasteiger partial charge < -0.3 is 0 Å². The molecule has 3 rings (SSSR count). The maximum atomic E-state index is 12.1. The fourth-order valence-corrected chi connectivity index (χ4v) is 2.77. The molecule has 100 valence electrons. The van der Waals surface area contributed by atoms with Crippen LogP contribution in [-0.2, 0) is 10.0 Å². The van der Waals surface area contributed by atoms with E-state index in [0.29, 0.717) is 5.52 Å². The molecule has 0 aliphatic rings. The van der Waals surface area contributed by atoms with Crippen LogP contribution in [0.2, 0.25) is 0 Å². The van der Waals surface area contributed by atoms with Gasteiger partial charge in [-0.3, -0.25) is 0 Å². The van der Waals surface area contributed by atoms with Gasteiger partial charge in [-0.1, -0.05) is 36.4 Å². The summed E-state index contributed by atoms with van der Waals surface area (Å²) in [5.41, 5.74) is 0.688. The molecule has 20 heavy (non-hydrogen) atoms. The number of rotatable bonds is 3. The molecule has 0 radical (unpaired) electrons. The average molecular weight is 285 g/mol. The molecular formula is C14H11N3O2S. The Hall–Kier alpha value is -2.47. The smallest absolute Gasteiger partial charge is 0.247 e. The van der Waals surface area contributed by atoms with Crippen LogP contribution in [0.4, 0.5) is 5.95 Å². The average Bonchev–Trinajstić information content (AvgIpc) is 2.48. The number of nitrogens with zero attached hydrogens (tertiary/aromatic N) is 2. The van der Waals surface area contributed by atoms with Crippen LogP contribution in [-0.4, -0.2) is 18.4 Å². The molecule has 1 heterocycles. The highest BCUT2D eigenvalue weighted by molar-refractivity contribution is 7.92. The van der Waals surface area contributed by atoms with Crippen LogP contribution in [0.1, 0.15) is 0 Å². The highest BCUT2D eigenvalue weighted by Gasteiger charge is 2.14. The monoisotopic (exact) mass is 285 g/mol. The first-order valence-corrected chi connectivity index (χ1v) is 7.43. The van der Waals surface area contributed by atoms with Crippen LogP contribution in [0.25, 0.3) is 10.9 Å². The van der Waals surface area contributed by atoms with E-state index >= 15 is 0 Å². The van der Waals surface area contributed by atoms with Crippen LogP contribution in [0.5, 0.6) is 0 Å². The van der Waals surface area contributed by atoms with Gasteiger partial charge in [-0.05, 0) is 18.2 Å². The second kappa shape index (κ2) is 4.90. The van der Waals surface area contributed by atoms with Crippen molar-refractivity contribution in [3.05, 3.63) is 60.8 Å². The van der Waals surface area contributed by atoms with Gasteiger partial charge in [0.15, 0.2) is 0 Å². The lowest BCUT2D eigenvalue weighted by atomic mass is 10.2. The van der Waals surface area contributed by atoms with Gasteiger partial charge in [0.1, 0.15) is 0 Å². The number of aromatic nitrogens is 2. The molecule has 0 unspecified atom stereocenters. The van der Waals surface area contributed by atoms with Crippen LogP contribution in [0.15, 0.2) is 65.7 Å². The third kappa shape index (κ3) is 2.46. The van der Waals surface area contributed by atoms with Gasteiger partial charge >= 0.3 is 0 Å². The van der Waals surface area contributed by atoms with Gasteiger partial charge in [0, 0.05) is 11.6 Å². The Labute approximate surface area is 116 Å². The Bertz CT molecular complexity index is 848. The number of nitrogens with one attached hydrogen (secondary N) is 1. The molecule has 6 heteroatoms. The van der Waals surface area contributed by atoms with Gasteiger partial charge in [-0.25, -0.2) is 23.1 Å². The van der Waals surface area contributed by atoms with Crippen molar-refractivity contribution in [1.29, 1.82) is 0 Å². The maximum absolute atomic E-state index is 12.1. The lowest BCUT2D eigenvalue weighted by Gasteiger charge is -2.06. The second-order valence-corrected chi connectivity index (χ2v) is 5.85. The molecule has 3 aromatic rings. The summed E-state index contributed by atoms with van der Waals surface area (Å²) < 4.78 is 26.7. The van der Waals surface area contributed by atoms with E-state index in [1.54, 1.807) is 30.5 Å². The summed E-state index contributed by atoms with van der Waals surface area (Å²) in [7, 11) is -3.66. The predicted octanol–water partition coefficient (Wildman–Crippen LogP) is 2.43. The standard InChI is InChI=1S/C14H11N3O2S/c18-20(19,12-7-2-1-3-8-12)17-14-15-10-11-6-4-5-9-13(11)16-14/h1-10H,(H,15,16,17). The third-order valence-corrected chi connectivity index (χ3v) is 4.11. The fraction of sp³-hybridized carbons (Fsp3) is 0. The highest BCUT2D eigenvalue weighted by Crippen LogP contribution is 2.15. The zero-order valence-electron chi connectivity index (χ0n) is 10.4. The molecular weight excluding hydrogens is 274 g/mol. The van der Waals surface area contributed by atoms with E-state index < -0.39 is 10.0 Å². The SMILES string of the molecule is O=S(=O)(Nc1ncc2ccccc2n1)c1ccccc1. The number of anilines is 1. The van der Waals surface area contributed by atoms with Crippen molar-refractivity contribution in [3.63, 3.8) is 0 Å². The van der Waals surface area contributed by atoms with Crippen LogP contribution in [0, 0.1) is 0 Å². The summed E-state index contributed by atoms with van der Waals surface area (Å²) in [5.74, 6) is 0.0625. The maximum Gasteiger partial charge on any atom is 0.264 e. The normalized spacial score (nSPS) is 11.4. The Balaban J connectivity index is 1.97. The minimum absolute atomic E-state index is 0.0625. The Morgan fingerprint density at radius 2 is 1.60 bits per heavy atom. The van der Waals surface area contributed by atoms with Gasteiger partial charge in [0.2, 0.25) is 5.95 Å². The van der Waals surface area contributed by atoms with E-state index in [-0.39, 0.29) is 10.8 Å². The van der Waals surface area contributed by atoms with E-state index in [2.05, 4.69) is 14.7 Å². The van der Waals surface area contributed by atoms with Crippen molar-refractivity contribution >= 4 is 26.9 Å². The van der Waals surface area contributed by atoms with Crippen molar-refractivity contribution in [2.24, 2.45) is 0 Å². The molecule has 0 atom stereocenters. The summed E-state index contributed by atoms with van der Waals surface area (Å²) in [6.45, 7) is 0. The van der Waals surface area contributed by atoms with Gasteiger partial charge in [-0.2, -0.15) is 0 Å². The zero-order valence-corrected chi connectivity index (χ0v) is 11.2. The number of para-hydroxylation sites is 1. The molecule has 2 aromatic carbocycles. The first kappa shape index (κ1) is 12.6. The van der Waals surface area contributed by atoms with E-state index in [1.165, 1.54) is 12.1 Å². The number of hydrogen-bond acceptors (Lipinski definition) is 4. The molecule has 1 aromatic heterocycles. The summed E-state index contributed by atoms with van der Waals surface area (Å²) in [6.07, 6.45) is 1.59. The van der Waals surface area contributed by atoms with Crippen molar-refractivity contribution in [2.45, 2.75) is 4.90 Å². The zero-order chi connectivity index (χ0) is 14.0. The molecule has 0 saturated heterocycles. The molecule has 5 nitrogen and oxygen atoms in total. The van der Waals surface area contributed by atoms with Gasteiger partial charge in [-0.15, -0.1) is 0 Å². The Kier molecular flexibility index (Phi) is 3.08. The Morgan fingerprint density at radius 3 is 2.40 bits per heavy atom. The minimum Gasteiger partial charge on any atom is -0.247 e. The van der Waals surface area contributed by atoms with E-state index in [4.69, 9.17) is 0 Å². The van der Waals surface area contributed by atoms with Crippen molar-refractivity contribution in [2.75, 3.05) is 4.72 Å². The lowest BCUT2D eigenvalue weighted by molar-refractivity contribution is 0.601. The van der Waals surface area contributed by atoms with Crippen molar-refractivity contribution in [3.8, 4) is 0 Å². The van der Waals surface area contributed by atoms with Crippen molar-refractivity contribution < 1.29 is 8.42 Å². The van der Waals surface area contributed by atoms with E-state index in [0.717, 1.165) is 5.39 Å². The number of hydrogen-bond donors (Lipinski definition) is 1. The number of benzene rings is 2. The molecule has 1 N–H and O–H groups in total. The van der Waals surface area contributed by atoms with Gasteiger partial charge in [0.25, 0.3) is 10.0 Å². The quantitative estimate of drug-likeness (QED) is 0.802. The Morgan fingerprint density at radius 1 is 0.900 bits per heavy atom. The number of sulfonamides is 1. The largest absolute Gasteiger partial charge is 0.264 e. The van der Waals surface area contributed by atoms with Gasteiger partial charge in [0.05, 0.1) is 10.4 Å². The third-order valence-electron chi connectivity index (χ3n) is 2.77. The molecule has 0 aliphatic carbocycles. The fourth-order valence-electron chi connectivity index (χ4n) is 1.80. The molecule has 0 bridgehead atoms. The first-order valence-electron chi connectivity index (χ1n) is 5.95. The second-order valence-electron chi connectivity index (χ2n) is 4.17. The first-order chi connectivity index (χ1) is 9.65. The highest BCUT2D eigenvalue weighted by atomic mass is 32.2. The van der Waals surface area contributed by atoms with Crippen LogP contribution in [0.3, 0.4) is 0 Å². The van der Waals surface area contributed by atoms with Crippen molar-refractivity contribution in [1.82, 2.24) is 9.97 Å². The van der Waals surface area contributed by atoms with Crippen LogP contribution >= 0.6 is 0 Å².